The van der Waals surface area contributed by atoms with Crippen molar-refractivity contribution in [2.24, 2.45) is 0 Å². The second kappa shape index (κ2) is 4.05. The van der Waals surface area contributed by atoms with Gasteiger partial charge in [0.05, 0.1) is 12.7 Å². The number of hydrogen-bond acceptors (Lipinski definition) is 3. The molecule has 3 rings (SSSR count). The minimum absolute atomic E-state index is 0.0196. The molecular formula is C16H12O3. The predicted molar refractivity (Wildman–Crippen MR) is 71.4 cm³/mol. The van der Waals surface area contributed by atoms with Crippen LogP contribution in [0.5, 0.6) is 0 Å². The van der Waals surface area contributed by atoms with Gasteiger partial charge >= 0.3 is 5.97 Å². The van der Waals surface area contributed by atoms with Gasteiger partial charge in [-0.15, -0.1) is 0 Å². The normalized spacial score (nSPS) is 12.0. The van der Waals surface area contributed by atoms with Crippen molar-refractivity contribution in [1.82, 2.24) is 0 Å². The molecule has 0 atom stereocenters. The molecule has 0 spiro atoms. The van der Waals surface area contributed by atoms with Gasteiger partial charge in [0.25, 0.3) is 0 Å². The van der Waals surface area contributed by atoms with Gasteiger partial charge in [0.2, 0.25) is 0 Å². The summed E-state index contributed by atoms with van der Waals surface area (Å²) in [5.74, 6) is -0.432. The Hall–Kier alpha value is -2.42. The summed E-state index contributed by atoms with van der Waals surface area (Å²) in [6.45, 7) is 1.79. The quantitative estimate of drug-likeness (QED) is 0.625. The lowest BCUT2D eigenvalue weighted by molar-refractivity contribution is 0.0600. The van der Waals surface area contributed by atoms with Crippen LogP contribution < -0.4 is 0 Å². The van der Waals surface area contributed by atoms with Gasteiger partial charge in [0.15, 0.2) is 5.78 Å². The van der Waals surface area contributed by atoms with Crippen LogP contribution in [-0.2, 0) is 4.74 Å². The highest BCUT2D eigenvalue weighted by Crippen LogP contribution is 2.38. The third kappa shape index (κ3) is 1.51. The van der Waals surface area contributed by atoms with Crippen molar-refractivity contribution in [3.8, 4) is 11.1 Å². The first-order chi connectivity index (χ1) is 9.15. The lowest BCUT2D eigenvalue weighted by Crippen LogP contribution is -2.07. The molecule has 1 aliphatic rings. The first-order valence-electron chi connectivity index (χ1n) is 6.01. The number of ether oxygens (including phenoxy) is 1. The number of carbonyl (C=O) groups excluding carboxylic acids is 2. The Morgan fingerprint density at radius 1 is 1.00 bits per heavy atom. The summed E-state index contributed by atoms with van der Waals surface area (Å²) in [5, 5.41) is 0. The summed E-state index contributed by atoms with van der Waals surface area (Å²) >= 11 is 0. The molecule has 3 heteroatoms. The topological polar surface area (TPSA) is 43.4 Å². The standard InChI is InChI=1S/C16H12O3/c1-9-10(16(18)19-2)7-8-12-11-5-3-4-6-13(11)15(17)14(9)12/h3-8H,1-2H3. The lowest BCUT2D eigenvalue weighted by atomic mass is 9.97. The maximum absolute atomic E-state index is 12.4. The molecule has 2 aromatic rings. The first-order valence-corrected chi connectivity index (χ1v) is 6.01. The van der Waals surface area contributed by atoms with Crippen LogP contribution >= 0.6 is 0 Å². The van der Waals surface area contributed by atoms with E-state index in [1.54, 1.807) is 13.0 Å². The Kier molecular flexibility index (Phi) is 2.49. The molecule has 1 aliphatic carbocycles. The molecule has 0 unspecified atom stereocenters. The predicted octanol–water partition coefficient (Wildman–Crippen LogP) is 2.99. The van der Waals surface area contributed by atoms with E-state index in [-0.39, 0.29) is 5.78 Å². The zero-order valence-electron chi connectivity index (χ0n) is 10.7. The number of benzene rings is 2. The highest BCUT2D eigenvalue weighted by Gasteiger charge is 2.29. The van der Waals surface area contributed by atoms with Gasteiger partial charge in [0.1, 0.15) is 0 Å². The van der Waals surface area contributed by atoms with E-state index in [9.17, 15) is 9.59 Å². The van der Waals surface area contributed by atoms with Gasteiger partial charge in [-0.1, -0.05) is 30.3 Å². The first kappa shape index (κ1) is 11.7. The maximum atomic E-state index is 12.4. The largest absolute Gasteiger partial charge is 0.465 e. The van der Waals surface area contributed by atoms with E-state index >= 15 is 0 Å². The van der Waals surface area contributed by atoms with E-state index in [2.05, 4.69) is 0 Å². The number of hydrogen-bond donors (Lipinski definition) is 0. The van der Waals surface area contributed by atoms with Crippen molar-refractivity contribution in [3.05, 3.63) is 58.7 Å². The number of methoxy groups -OCH3 is 1. The summed E-state index contributed by atoms with van der Waals surface area (Å²) in [5.41, 5.74) is 4.27. The van der Waals surface area contributed by atoms with Crippen molar-refractivity contribution in [2.75, 3.05) is 7.11 Å². The van der Waals surface area contributed by atoms with E-state index in [0.29, 0.717) is 22.3 Å². The number of ketones is 1. The monoisotopic (exact) mass is 252 g/mol. The van der Waals surface area contributed by atoms with Crippen molar-refractivity contribution >= 4 is 11.8 Å². The third-order valence-corrected chi connectivity index (χ3v) is 3.56. The molecular weight excluding hydrogens is 240 g/mol. The van der Waals surface area contributed by atoms with Crippen LogP contribution in [0.25, 0.3) is 11.1 Å². The van der Waals surface area contributed by atoms with E-state index < -0.39 is 5.97 Å². The SMILES string of the molecule is COC(=O)c1ccc2c(c1C)C(=O)c1ccccc1-2. The van der Waals surface area contributed by atoms with Crippen molar-refractivity contribution in [1.29, 1.82) is 0 Å². The molecule has 94 valence electrons. The number of esters is 1. The van der Waals surface area contributed by atoms with Crippen LogP contribution in [0.15, 0.2) is 36.4 Å². The smallest absolute Gasteiger partial charge is 0.338 e. The van der Waals surface area contributed by atoms with Gasteiger partial charge in [-0.05, 0) is 29.7 Å². The van der Waals surface area contributed by atoms with Gasteiger partial charge in [-0.3, -0.25) is 4.79 Å². The minimum Gasteiger partial charge on any atom is -0.465 e. The van der Waals surface area contributed by atoms with Gasteiger partial charge < -0.3 is 4.74 Å². The summed E-state index contributed by atoms with van der Waals surface area (Å²) in [6.07, 6.45) is 0. The minimum atomic E-state index is -0.413. The molecule has 0 radical (unpaired) electrons. The fourth-order valence-corrected chi connectivity index (χ4v) is 2.61. The highest BCUT2D eigenvalue weighted by atomic mass is 16.5. The summed E-state index contributed by atoms with van der Waals surface area (Å²) < 4.78 is 4.74. The van der Waals surface area contributed by atoms with Crippen LogP contribution in [0.1, 0.15) is 31.8 Å². The van der Waals surface area contributed by atoms with E-state index in [4.69, 9.17) is 4.74 Å². The molecule has 0 bridgehead atoms. The van der Waals surface area contributed by atoms with Crippen LogP contribution in [0.4, 0.5) is 0 Å². The fraction of sp³-hybridized carbons (Fsp3) is 0.125. The Labute approximate surface area is 110 Å². The van der Waals surface area contributed by atoms with Gasteiger partial charge in [-0.25, -0.2) is 4.79 Å². The molecule has 3 nitrogen and oxygen atoms in total. The Morgan fingerprint density at radius 3 is 2.37 bits per heavy atom. The van der Waals surface area contributed by atoms with Gasteiger partial charge in [0, 0.05) is 11.1 Å². The summed E-state index contributed by atoms with van der Waals surface area (Å²) in [6, 6.07) is 11.0. The lowest BCUT2D eigenvalue weighted by Gasteiger charge is -2.08. The Bertz CT molecular complexity index is 714. The Morgan fingerprint density at radius 2 is 1.68 bits per heavy atom. The van der Waals surface area contributed by atoms with Crippen molar-refractivity contribution in [2.45, 2.75) is 6.92 Å². The van der Waals surface area contributed by atoms with Crippen molar-refractivity contribution < 1.29 is 14.3 Å². The molecule has 0 heterocycles. The molecule has 0 N–H and O–H groups in total. The van der Waals surface area contributed by atoms with E-state index in [1.165, 1.54) is 7.11 Å². The van der Waals surface area contributed by atoms with Gasteiger partial charge in [-0.2, -0.15) is 0 Å². The molecule has 0 saturated carbocycles. The summed E-state index contributed by atoms with van der Waals surface area (Å²) in [4.78, 5) is 24.1. The van der Waals surface area contributed by atoms with Crippen molar-refractivity contribution in [3.63, 3.8) is 0 Å². The molecule has 0 saturated heterocycles. The molecule has 19 heavy (non-hydrogen) atoms. The van der Waals surface area contributed by atoms with E-state index in [1.807, 2.05) is 30.3 Å². The molecule has 0 fully saturated rings. The Balaban J connectivity index is 2.28. The van der Waals surface area contributed by atoms with E-state index in [0.717, 1.165) is 11.1 Å². The number of rotatable bonds is 1. The van der Waals surface area contributed by atoms with Crippen LogP contribution in [0, 0.1) is 6.92 Å². The number of fused-ring (bicyclic) bond motifs is 3. The molecule has 0 amide bonds. The average Bonchev–Trinajstić information content (AvgIpc) is 2.73. The van der Waals surface area contributed by atoms with Crippen LogP contribution in [0.2, 0.25) is 0 Å². The number of carbonyl (C=O) groups is 2. The molecule has 2 aromatic carbocycles. The second-order valence-electron chi connectivity index (χ2n) is 4.53. The molecule has 0 aliphatic heterocycles. The maximum Gasteiger partial charge on any atom is 0.338 e. The zero-order chi connectivity index (χ0) is 13.6. The highest BCUT2D eigenvalue weighted by molar-refractivity contribution is 6.23. The second-order valence-corrected chi connectivity index (χ2v) is 4.53. The molecule has 0 aromatic heterocycles. The third-order valence-electron chi connectivity index (χ3n) is 3.56. The van der Waals surface area contributed by atoms with Crippen LogP contribution in [0.3, 0.4) is 0 Å². The fourth-order valence-electron chi connectivity index (χ4n) is 2.61. The summed E-state index contributed by atoms with van der Waals surface area (Å²) in [7, 11) is 1.34. The van der Waals surface area contributed by atoms with Crippen LogP contribution in [-0.4, -0.2) is 18.9 Å². The zero-order valence-corrected chi connectivity index (χ0v) is 10.7. The average molecular weight is 252 g/mol.